The summed E-state index contributed by atoms with van der Waals surface area (Å²) >= 11 is 0. The molecule has 3 heterocycles. The predicted octanol–water partition coefficient (Wildman–Crippen LogP) is 2.75. The van der Waals surface area contributed by atoms with Crippen LogP contribution in [-0.2, 0) is 5.41 Å². The summed E-state index contributed by atoms with van der Waals surface area (Å²) in [6.45, 7) is 4.99. The maximum Gasteiger partial charge on any atom is 0.259 e. The van der Waals surface area contributed by atoms with Crippen molar-refractivity contribution in [2.45, 2.75) is 57.3 Å². The molecule has 0 aromatic carbocycles. The number of aryl methyl sites for hydroxylation is 2. The topological polar surface area (TPSA) is 85.3 Å². The number of amides is 1. The van der Waals surface area contributed by atoms with Gasteiger partial charge in [0.2, 0.25) is 11.8 Å². The average molecular weight is 342 g/mol. The van der Waals surface area contributed by atoms with Gasteiger partial charge in [0.15, 0.2) is 0 Å². The summed E-state index contributed by atoms with van der Waals surface area (Å²) < 4.78 is 11.2. The highest BCUT2D eigenvalue weighted by Crippen LogP contribution is 2.51. The summed E-state index contributed by atoms with van der Waals surface area (Å²) in [5.41, 5.74) is 1.08. The van der Waals surface area contributed by atoms with Crippen LogP contribution in [0.1, 0.15) is 71.6 Å². The van der Waals surface area contributed by atoms with Gasteiger partial charge in [-0.1, -0.05) is 11.6 Å². The molecule has 3 aliphatic rings. The van der Waals surface area contributed by atoms with Crippen LogP contribution in [0.3, 0.4) is 0 Å². The number of carbonyl (C=O) groups excluding carboxylic acids is 1. The van der Waals surface area contributed by atoms with Crippen LogP contribution in [0.2, 0.25) is 0 Å². The second-order valence-corrected chi connectivity index (χ2v) is 7.85. The van der Waals surface area contributed by atoms with Crippen LogP contribution in [0.5, 0.6) is 0 Å². The Balaban J connectivity index is 1.45. The molecule has 1 aliphatic heterocycles. The van der Waals surface area contributed by atoms with E-state index in [1.807, 2.05) is 11.8 Å². The van der Waals surface area contributed by atoms with Gasteiger partial charge in [-0.15, -0.1) is 10.2 Å². The van der Waals surface area contributed by atoms with Crippen LogP contribution in [-0.4, -0.2) is 39.3 Å². The molecule has 7 nitrogen and oxygen atoms in total. The van der Waals surface area contributed by atoms with Gasteiger partial charge < -0.3 is 13.8 Å². The van der Waals surface area contributed by atoms with Crippen molar-refractivity contribution in [3.8, 4) is 0 Å². The number of carbonyl (C=O) groups is 1. The quantitative estimate of drug-likeness (QED) is 0.852. The van der Waals surface area contributed by atoms with Crippen molar-refractivity contribution in [1.82, 2.24) is 20.3 Å². The molecule has 25 heavy (non-hydrogen) atoms. The number of hydrogen-bond acceptors (Lipinski definition) is 6. The Kier molecular flexibility index (Phi) is 3.12. The zero-order valence-electron chi connectivity index (χ0n) is 14.6. The van der Waals surface area contributed by atoms with Gasteiger partial charge in [0.1, 0.15) is 11.3 Å². The molecule has 5 rings (SSSR count). The fourth-order valence-electron chi connectivity index (χ4n) is 4.67. The number of hydrogen-bond donors (Lipinski definition) is 0. The van der Waals surface area contributed by atoms with E-state index >= 15 is 0 Å². The lowest BCUT2D eigenvalue weighted by atomic mass is 9.80. The summed E-state index contributed by atoms with van der Waals surface area (Å²) in [4.78, 5) is 15.0. The van der Waals surface area contributed by atoms with Gasteiger partial charge in [-0.25, -0.2) is 0 Å². The monoisotopic (exact) mass is 342 g/mol. The molecule has 3 fully saturated rings. The van der Waals surface area contributed by atoms with E-state index in [0.717, 1.165) is 50.4 Å². The number of aromatic nitrogens is 3. The third kappa shape index (κ3) is 2.17. The van der Waals surface area contributed by atoms with E-state index in [1.165, 1.54) is 0 Å². The van der Waals surface area contributed by atoms with Crippen LogP contribution in [0.15, 0.2) is 8.94 Å². The van der Waals surface area contributed by atoms with Gasteiger partial charge in [0, 0.05) is 19.0 Å². The summed E-state index contributed by atoms with van der Waals surface area (Å²) in [6, 6.07) is 0. The number of likely N-dealkylation sites (tertiary alicyclic amines) is 1. The fourth-order valence-corrected chi connectivity index (χ4v) is 4.67. The number of fused-ring (bicyclic) bond motifs is 1. The van der Waals surface area contributed by atoms with E-state index in [1.54, 1.807) is 6.92 Å². The predicted molar refractivity (Wildman–Crippen MR) is 87.2 cm³/mol. The van der Waals surface area contributed by atoms with E-state index < -0.39 is 0 Å². The van der Waals surface area contributed by atoms with Gasteiger partial charge in [0.05, 0.1) is 11.1 Å². The first-order valence-electron chi connectivity index (χ1n) is 9.14. The molecule has 0 bridgehead atoms. The minimum Gasteiger partial charge on any atom is -0.424 e. The summed E-state index contributed by atoms with van der Waals surface area (Å²) in [7, 11) is 0. The average Bonchev–Trinajstić information content (AvgIpc) is 2.95. The number of nitrogens with zero attached hydrogens (tertiary/aromatic N) is 4. The van der Waals surface area contributed by atoms with Crippen molar-refractivity contribution in [3.05, 3.63) is 28.8 Å². The molecule has 0 radical (unpaired) electrons. The van der Waals surface area contributed by atoms with Crippen LogP contribution in [0, 0.1) is 19.8 Å². The van der Waals surface area contributed by atoms with Crippen LogP contribution in [0.25, 0.3) is 0 Å². The highest BCUT2D eigenvalue weighted by atomic mass is 16.5. The Morgan fingerprint density at radius 2 is 2.08 bits per heavy atom. The van der Waals surface area contributed by atoms with E-state index in [2.05, 4.69) is 15.4 Å². The maximum absolute atomic E-state index is 13.0. The van der Waals surface area contributed by atoms with Crippen molar-refractivity contribution in [3.63, 3.8) is 0 Å². The summed E-state index contributed by atoms with van der Waals surface area (Å²) in [5.74, 6) is 2.97. The minimum atomic E-state index is -0.172. The lowest BCUT2D eigenvalue weighted by Gasteiger charge is -2.24. The molecule has 2 aromatic rings. The Morgan fingerprint density at radius 3 is 2.80 bits per heavy atom. The van der Waals surface area contributed by atoms with Gasteiger partial charge in [-0.05, 0) is 45.4 Å². The molecule has 2 aliphatic carbocycles. The van der Waals surface area contributed by atoms with Gasteiger partial charge in [0.25, 0.3) is 5.91 Å². The molecular weight excluding hydrogens is 320 g/mol. The first-order valence-corrected chi connectivity index (χ1v) is 9.14. The third-order valence-electron chi connectivity index (χ3n) is 6.20. The highest BCUT2D eigenvalue weighted by molar-refractivity contribution is 5.96. The van der Waals surface area contributed by atoms with Crippen LogP contribution in [0.4, 0.5) is 0 Å². The standard InChI is InChI=1S/C18H22N4O3/c1-10-14(11(2)25-21-10)16(23)22-8-13-4-3-7-18(13,9-22)17-20-19-15(24-17)12-5-6-12/h12-13H,3-9H2,1-2H3/t13-,18-/m0/s1. The SMILES string of the molecule is Cc1noc(C)c1C(=O)N1C[C@@H]2CCC[C@]2(c2nnc(C3CC3)o2)C1. The van der Waals surface area contributed by atoms with Crippen LogP contribution < -0.4 is 0 Å². The van der Waals surface area contributed by atoms with Crippen molar-refractivity contribution in [2.24, 2.45) is 5.92 Å². The largest absolute Gasteiger partial charge is 0.424 e. The fraction of sp³-hybridized carbons (Fsp3) is 0.667. The first-order chi connectivity index (χ1) is 12.1. The van der Waals surface area contributed by atoms with Gasteiger partial charge >= 0.3 is 0 Å². The molecule has 1 saturated heterocycles. The smallest absolute Gasteiger partial charge is 0.259 e. The Morgan fingerprint density at radius 1 is 1.24 bits per heavy atom. The minimum absolute atomic E-state index is 0.00644. The molecule has 0 spiro atoms. The van der Waals surface area contributed by atoms with Crippen molar-refractivity contribution < 1.29 is 13.7 Å². The van der Waals surface area contributed by atoms with Crippen molar-refractivity contribution in [1.29, 1.82) is 0 Å². The zero-order valence-corrected chi connectivity index (χ0v) is 14.6. The van der Waals surface area contributed by atoms with E-state index in [9.17, 15) is 4.79 Å². The summed E-state index contributed by atoms with van der Waals surface area (Å²) in [5, 5.41) is 12.6. The normalized spacial score (nSPS) is 28.6. The molecule has 0 N–H and O–H groups in total. The molecular formula is C18H22N4O3. The lowest BCUT2D eigenvalue weighted by Crippen LogP contribution is -2.35. The van der Waals surface area contributed by atoms with E-state index in [-0.39, 0.29) is 11.3 Å². The molecule has 2 aromatic heterocycles. The molecule has 1 amide bonds. The third-order valence-corrected chi connectivity index (χ3v) is 6.20. The van der Waals surface area contributed by atoms with Crippen LogP contribution >= 0.6 is 0 Å². The Bertz CT molecular complexity index is 818. The summed E-state index contributed by atoms with van der Waals surface area (Å²) in [6.07, 6.45) is 5.56. The van der Waals surface area contributed by atoms with Crippen molar-refractivity contribution in [2.75, 3.05) is 13.1 Å². The Hall–Kier alpha value is -2.18. The number of rotatable bonds is 3. The second-order valence-electron chi connectivity index (χ2n) is 7.85. The van der Waals surface area contributed by atoms with E-state index in [4.69, 9.17) is 8.94 Å². The Labute approximate surface area is 145 Å². The highest BCUT2D eigenvalue weighted by Gasteiger charge is 2.55. The molecule has 132 valence electrons. The van der Waals surface area contributed by atoms with E-state index in [0.29, 0.717) is 35.4 Å². The molecule has 2 saturated carbocycles. The molecule has 7 heteroatoms. The van der Waals surface area contributed by atoms with Gasteiger partial charge in [-0.3, -0.25) is 4.79 Å². The second kappa shape index (κ2) is 5.16. The van der Waals surface area contributed by atoms with Gasteiger partial charge in [-0.2, -0.15) is 0 Å². The first kappa shape index (κ1) is 15.1. The maximum atomic E-state index is 13.0. The zero-order chi connectivity index (χ0) is 17.2. The molecule has 2 atom stereocenters. The lowest BCUT2D eigenvalue weighted by molar-refractivity contribution is 0.0773. The molecule has 0 unspecified atom stereocenters. The van der Waals surface area contributed by atoms with Crippen molar-refractivity contribution >= 4 is 5.91 Å².